The molecule has 0 saturated carbocycles. The Labute approximate surface area is 103 Å². The van der Waals surface area contributed by atoms with Gasteiger partial charge in [0.1, 0.15) is 0 Å². The molecular weight excluding hydrogens is 268 g/mol. The van der Waals surface area contributed by atoms with E-state index in [0.717, 1.165) is 27.8 Å². The Balaban J connectivity index is 2.58. The zero-order valence-corrected chi connectivity index (χ0v) is 10.8. The zero-order valence-electron chi connectivity index (χ0n) is 9.25. The standard InChI is InChI=1S/C12H13BrN2O/c1-3-10-11(16-15-12(10)14)8-4-7(2)5-9(13)6-8/h4-6H,3H2,1-2H3,(H2,14,15). The number of nitrogen functional groups attached to an aromatic ring is 1. The van der Waals surface area contributed by atoms with Crippen LogP contribution in [0.15, 0.2) is 27.2 Å². The van der Waals surface area contributed by atoms with Crippen LogP contribution in [0.1, 0.15) is 18.1 Å². The summed E-state index contributed by atoms with van der Waals surface area (Å²) in [7, 11) is 0. The first-order valence-corrected chi connectivity index (χ1v) is 5.92. The van der Waals surface area contributed by atoms with Crippen LogP contribution in [0.3, 0.4) is 0 Å². The van der Waals surface area contributed by atoms with Crippen molar-refractivity contribution in [2.45, 2.75) is 20.3 Å². The Morgan fingerprint density at radius 3 is 2.75 bits per heavy atom. The molecule has 2 N–H and O–H groups in total. The van der Waals surface area contributed by atoms with Crippen LogP contribution in [0.4, 0.5) is 5.82 Å². The quantitative estimate of drug-likeness (QED) is 0.915. The molecule has 1 aromatic heterocycles. The van der Waals surface area contributed by atoms with Crippen molar-refractivity contribution in [3.63, 3.8) is 0 Å². The van der Waals surface area contributed by atoms with Crippen LogP contribution in [0.5, 0.6) is 0 Å². The summed E-state index contributed by atoms with van der Waals surface area (Å²) in [5.41, 5.74) is 8.89. The molecule has 3 nitrogen and oxygen atoms in total. The summed E-state index contributed by atoms with van der Waals surface area (Å²) >= 11 is 3.47. The monoisotopic (exact) mass is 280 g/mol. The first kappa shape index (κ1) is 11.2. The molecule has 0 aliphatic heterocycles. The maximum Gasteiger partial charge on any atom is 0.172 e. The largest absolute Gasteiger partial charge is 0.381 e. The molecule has 0 aliphatic rings. The van der Waals surface area contributed by atoms with E-state index < -0.39 is 0 Å². The molecule has 0 amide bonds. The molecule has 2 rings (SSSR count). The molecule has 16 heavy (non-hydrogen) atoms. The molecule has 0 saturated heterocycles. The molecule has 4 heteroatoms. The van der Waals surface area contributed by atoms with Gasteiger partial charge in [-0.05, 0) is 37.1 Å². The molecular formula is C12H13BrN2O. The maximum absolute atomic E-state index is 5.75. The molecule has 0 aliphatic carbocycles. The first-order chi connectivity index (χ1) is 7.61. The summed E-state index contributed by atoms with van der Waals surface area (Å²) in [5, 5.41) is 3.81. The van der Waals surface area contributed by atoms with Crippen molar-refractivity contribution in [2.24, 2.45) is 0 Å². The Kier molecular flexibility index (Phi) is 3.01. The average molecular weight is 281 g/mol. The molecule has 0 radical (unpaired) electrons. The fourth-order valence-corrected chi connectivity index (χ4v) is 2.37. The predicted octanol–water partition coefficient (Wildman–Crippen LogP) is 3.56. The van der Waals surface area contributed by atoms with Gasteiger partial charge in [0, 0.05) is 15.6 Å². The second-order valence-corrected chi connectivity index (χ2v) is 4.66. The summed E-state index contributed by atoms with van der Waals surface area (Å²) in [5.74, 6) is 1.25. The molecule has 0 unspecified atom stereocenters. The van der Waals surface area contributed by atoms with Gasteiger partial charge >= 0.3 is 0 Å². The SMILES string of the molecule is CCc1c(N)noc1-c1cc(C)cc(Br)c1. The van der Waals surface area contributed by atoms with Gasteiger partial charge in [0.05, 0.1) is 0 Å². The molecule has 0 atom stereocenters. The van der Waals surface area contributed by atoms with Crippen LogP contribution in [-0.2, 0) is 6.42 Å². The van der Waals surface area contributed by atoms with Crippen molar-refractivity contribution in [2.75, 3.05) is 5.73 Å². The van der Waals surface area contributed by atoms with Crippen LogP contribution >= 0.6 is 15.9 Å². The second kappa shape index (κ2) is 4.29. The number of anilines is 1. The summed E-state index contributed by atoms with van der Waals surface area (Å²) in [6.45, 7) is 4.08. The van der Waals surface area contributed by atoms with Gasteiger partial charge in [-0.25, -0.2) is 0 Å². The third-order valence-electron chi connectivity index (χ3n) is 2.48. The molecule has 0 fully saturated rings. The van der Waals surface area contributed by atoms with Gasteiger partial charge in [0.2, 0.25) is 0 Å². The predicted molar refractivity (Wildman–Crippen MR) is 68.2 cm³/mol. The highest BCUT2D eigenvalue weighted by Gasteiger charge is 2.14. The van der Waals surface area contributed by atoms with Crippen LogP contribution in [-0.4, -0.2) is 5.16 Å². The molecule has 0 bridgehead atoms. The number of nitrogens with zero attached hydrogens (tertiary/aromatic N) is 1. The van der Waals surface area contributed by atoms with Crippen molar-refractivity contribution in [3.8, 4) is 11.3 Å². The normalized spacial score (nSPS) is 10.7. The minimum atomic E-state index is 0.482. The highest BCUT2D eigenvalue weighted by atomic mass is 79.9. The summed E-state index contributed by atoms with van der Waals surface area (Å²) in [6, 6.07) is 6.12. The highest BCUT2D eigenvalue weighted by molar-refractivity contribution is 9.10. The van der Waals surface area contributed by atoms with Gasteiger partial charge in [-0.3, -0.25) is 0 Å². The van der Waals surface area contributed by atoms with Crippen LogP contribution in [0.25, 0.3) is 11.3 Å². The minimum absolute atomic E-state index is 0.482. The number of aryl methyl sites for hydroxylation is 1. The van der Waals surface area contributed by atoms with Gasteiger partial charge in [-0.15, -0.1) is 0 Å². The van der Waals surface area contributed by atoms with E-state index in [9.17, 15) is 0 Å². The van der Waals surface area contributed by atoms with Gasteiger partial charge in [-0.2, -0.15) is 0 Å². The van der Waals surface area contributed by atoms with Crippen molar-refractivity contribution >= 4 is 21.7 Å². The Morgan fingerprint density at radius 2 is 2.12 bits per heavy atom. The van der Waals surface area contributed by atoms with Gasteiger partial charge in [-0.1, -0.05) is 28.0 Å². The number of benzene rings is 1. The Morgan fingerprint density at radius 1 is 1.38 bits per heavy atom. The summed E-state index contributed by atoms with van der Waals surface area (Å²) < 4.78 is 6.31. The number of nitrogens with two attached hydrogens (primary N) is 1. The fraction of sp³-hybridized carbons (Fsp3) is 0.250. The number of halogens is 1. The Bertz CT molecular complexity index is 499. The number of rotatable bonds is 2. The first-order valence-electron chi connectivity index (χ1n) is 5.13. The lowest BCUT2D eigenvalue weighted by Crippen LogP contribution is -1.91. The van der Waals surface area contributed by atoms with Gasteiger partial charge < -0.3 is 10.3 Å². The fourth-order valence-electron chi connectivity index (χ4n) is 1.76. The van der Waals surface area contributed by atoms with E-state index in [4.69, 9.17) is 10.3 Å². The van der Waals surface area contributed by atoms with E-state index in [0.29, 0.717) is 5.82 Å². The van der Waals surface area contributed by atoms with Crippen LogP contribution < -0.4 is 5.73 Å². The average Bonchev–Trinajstić information content (AvgIpc) is 2.58. The lowest BCUT2D eigenvalue weighted by atomic mass is 10.0. The summed E-state index contributed by atoms with van der Waals surface area (Å²) in [4.78, 5) is 0. The third kappa shape index (κ3) is 1.97. The Hall–Kier alpha value is -1.29. The summed E-state index contributed by atoms with van der Waals surface area (Å²) in [6.07, 6.45) is 0.816. The lowest BCUT2D eigenvalue weighted by molar-refractivity contribution is 0.435. The minimum Gasteiger partial charge on any atom is -0.381 e. The van der Waals surface area contributed by atoms with Gasteiger partial charge in [0.25, 0.3) is 0 Å². The van der Waals surface area contributed by atoms with Crippen LogP contribution in [0.2, 0.25) is 0 Å². The third-order valence-corrected chi connectivity index (χ3v) is 2.93. The van der Waals surface area contributed by atoms with Crippen molar-refractivity contribution in [1.82, 2.24) is 5.16 Å². The number of hydrogen-bond donors (Lipinski definition) is 1. The highest BCUT2D eigenvalue weighted by Crippen LogP contribution is 2.30. The van der Waals surface area contributed by atoms with Crippen molar-refractivity contribution in [3.05, 3.63) is 33.8 Å². The van der Waals surface area contributed by atoms with E-state index in [1.165, 1.54) is 5.56 Å². The maximum atomic E-state index is 5.75. The molecule has 1 aromatic carbocycles. The van der Waals surface area contributed by atoms with Crippen LogP contribution in [0, 0.1) is 6.92 Å². The van der Waals surface area contributed by atoms with E-state index in [1.807, 2.05) is 19.9 Å². The van der Waals surface area contributed by atoms with E-state index >= 15 is 0 Å². The zero-order chi connectivity index (χ0) is 11.7. The molecule has 1 heterocycles. The second-order valence-electron chi connectivity index (χ2n) is 3.75. The lowest BCUT2D eigenvalue weighted by Gasteiger charge is -2.02. The molecule has 84 valence electrons. The van der Waals surface area contributed by atoms with E-state index in [2.05, 4.69) is 33.2 Å². The molecule has 2 aromatic rings. The number of hydrogen-bond acceptors (Lipinski definition) is 3. The topological polar surface area (TPSA) is 52.0 Å². The number of aromatic nitrogens is 1. The van der Waals surface area contributed by atoms with Crippen molar-refractivity contribution < 1.29 is 4.52 Å². The van der Waals surface area contributed by atoms with E-state index in [1.54, 1.807) is 0 Å². The van der Waals surface area contributed by atoms with Gasteiger partial charge in [0.15, 0.2) is 11.6 Å². The van der Waals surface area contributed by atoms with E-state index in [-0.39, 0.29) is 0 Å². The molecule has 0 spiro atoms. The smallest absolute Gasteiger partial charge is 0.172 e. The van der Waals surface area contributed by atoms with Crippen molar-refractivity contribution in [1.29, 1.82) is 0 Å².